The van der Waals surface area contributed by atoms with Crippen molar-refractivity contribution in [3.63, 3.8) is 0 Å². The van der Waals surface area contributed by atoms with E-state index >= 15 is 0 Å². The van der Waals surface area contributed by atoms with Gasteiger partial charge in [0, 0.05) is 5.39 Å². The lowest BCUT2D eigenvalue weighted by Gasteiger charge is -2.09. The van der Waals surface area contributed by atoms with Gasteiger partial charge in [-0.05, 0) is 35.7 Å². The Hall–Kier alpha value is -2.82. The molecular formula is C16H12N2O6S2. The summed E-state index contributed by atoms with van der Waals surface area (Å²) in [5, 5.41) is 18.0. The fraction of sp³-hybridized carbons (Fsp3) is 0. The third-order valence-corrected chi connectivity index (χ3v) is 5.09. The SMILES string of the molecule is O=[SH](=O)c1cc(S(=O)(=O)O)c2c(/N=N\c3ccccc3)c(O)ccc2c1. The van der Waals surface area contributed by atoms with Crippen LogP contribution in [0.25, 0.3) is 10.8 Å². The molecule has 0 saturated carbocycles. The van der Waals surface area contributed by atoms with Crippen molar-refractivity contribution >= 4 is 43.0 Å². The summed E-state index contributed by atoms with van der Waals surface area (Å²) in [4.78, 5) is -0.973. The van der Waals surface area contributed by atoms with Crippen LogP contribution in [0.1, 0.15) is 0 Å². The van der Waals surface area contributed by atoms with E-state index in [1.165, 1.54) is 18.2 Å². The molecule has 0 fully saturated rings. The number of benzene rings is 3. The Bertz CT molecular complexity index is 1190. The number of thiol groups is 1. The lowest BCUT2D eigenvalue weighted by molar-refractivity contribution is 0.477. The molecule has 134 valence electrons. The first kappa shape index (κ1) is 18.0. The Kier molecular flexibility index (Phi) is 4.72. The van der Waals surface area contributed by atoms with E-state index in [9.17, 15) is 26.5 Å². The summed E-state index contributed by atoms with van der Waals surface area (Å²) in [6.45, 7) is 0. The predicted octanol–water partition coefficient (Wildman–Crippen LogP) is 3.18. The van der Waals surface area contributed by atoms with Crippen LogP contribution >= 0.6 is 0 Å². The fourth-order valence-corrected chi connectivity index (χ4v) is 3.71. The molecule has 3 aromatic carbocycles. The number of fused-ring (bicyclic) bond motifs is 1. The summed E-state index contributed by atoms with van der Waals surface area (Å²) in [5.41, 5.74) is 0.253. The van der Waals surface area contributed by atoms with Gasteiger partial charge in [0.2, 0.25) is 0 Å². The van der Waals surface area contributed by atoms with Gasteiger partial charge in [0.15, 0.2) is 10.7 Å². The predicted molar refractivity (Wildman–Crippen MR) is 94.6 cm³/mol. The summed E-state index contributed by atoms with van der Waals surface area (Å²) in [7, 11) is -7.87. The number of hydrogen-bond donors (Lipinski definition) is 3. The summed E-state index contributed by atoms with van der Waals surface area (Å²) < 4.78 is 55.6. The molecule has 2 N–H and O–H groups in total. The molecule has 3 aromatic rings. The lowest BCUT2D eigenvalue weighted by Crippen LogP contribution is -2.01. The van der Waals surface area contributed by atoms with E-state index in [4.69, 9.17) is 0 Å². The maximum Gasteiger partial charge on any atom is 0.295 e. The molecule has 0 saturated heterocycles. The third kappa shape index (κ3) is 3.57. The van der Waals surface area contributed by atoms with E-state index < -0.39 is 25.7 Å². The fourth-order valence-electron chi connectivity index (χ4n) is 2.39. The van der Waals surface area contributed by atoms with Crippen molar-refractivity contribution in [3.8, 4) is 5.75 Å². The molecule has 0 amide bonds. The summed E-state index contributed by atoms with van der Waals surface area (Å²) in [5.74, 6) is -0.374. The molecule has 0 unspecified atom stereocenters. The average Bonchev–Trinajstić information content (AvgIpc) is 2.60. The van der Waals surface area contributed by atoms with Gasteiger partial charge in [-0.1, -0.05) is 24.3 Å². The molecule has 8 nitrogen and oxygen atoms in total. The van der Waals surface area contributed by atoms with Crippen LogP contribution < -0.4 is 0 Å². The minimum Gasteiger partial charge on any atom is -0.506 e. The van der Waals surface area contributed by atoms with Crippen molar-refractivity contribution in [3.05, 3.63) is 54.6 Å². The second kappa shape index (κ2) is 6.83. The quantitative estimate of drug-likeness (QED) is 0.355. The molecule has 0 aromatic heterocycles. The normalized spacial score (nSPS) is 12.2. The molecule has 10 heteroatoms. The highest BCUT2D eigenvalue weighted by atomic mass is 32.2. The Labute approximate surface area is 150 Å². The smallest absolute Gasteiger partial charge is 0.295 e. The maximum atomic E-state index is 11.8. The number of aromatic hydroxyl groups is 1. The molecule has 0 bridgehead atoms. The molecule has 3 rings (SSSR count). The van der Waals surface area contributed by atoms with Crippen molar-refractivity contribution in [2.75, 3.05) is 0 Å². The zero-order valence-electron chi connectivity index (χ0n) is 13.0. The topological polar surface area (TPSA) is 133 Å². The number of phenols is 1. The van der Waals surface area contributed by atoms with Crippen LogP contribution in [0.2, 0.25) is 0 Å². The van der Waals surface area contributed by atoms with E-state index in [-0.39, 0.29) is 27.1 Å². The largest absolute Gasteiger partial charge is 0.506 e. The highest BCUT2D eigenvalue weighted by Gasteiger charge is 2.21. The van der Waals surface area contributed by atoms with Gasteiger partial charge in [-0.15, -0.1) is 5.11 Å². The number of phenolic OH excluding ortho intramolecular Hbond substituents is 1. The van der Waals surface area contributed by atoms with Crippen LogP contribution in [-0.2, 0) is 20.8 Å². The van der Waals surface area contributed by atoms with Crippen LogP contribution in [0.5, 0.6) is 5.75 Å². The van der Waals surface area contributed by atoms with E-state index in [2.05, 4.69) is 10.2 Å². The molecular weight excluding hydrogens is 380 g/mol. The van der Waals surface area contributed by atoms with Gasteiger partial charge in [0.25, 0.3) is 10.1 Å². The number of rotatable bonds is 4. The highest BCUT2D eigenvalue weighted by molar-refractivity contribution is 7.86. The minimum absolute atomic E-state index is 0.132. The zero-order chi connectivity index (χ0) is 18.9. The van der Waals surface area contributed by atoms with Gasteiger partial charge >= 0.3 is 0 Å². The Morgan fingerprint density at radius 3 is 2.23 bits per heavy atom. The molecule has 0 radical (unpaired) electrons. The number of azo groups is 1. The van der Waals surface area contributed by atoms with Gasteiger partial charge in [0.05, 0.1) is 10.6 Å². The molecule has 0 heterocycles. The molecule has 0 aliphatic rings. The summed E-state index contributed by atoms with van der Waals surface area (Å²) in [6.07, 6.45) is 0. The molecule has 0 aliphatic carbocycles. The van der Waals surface area contributed by atoms with E-state index in [1.807, 2.05) is 0 Å². The van der Waals surface area contributed by atoms with Crippen molar-refractivity contribution in [2.24, 2.45) is 10.2 Å². The van der Waals surface area contributed by atoms with Crippen LogP contribution in [0, 0.1) is 0 Å². The molecule has 0 aliphatic heterocycles. The highest BCUT2D eigenvalue weighted by Crippen LogP contribution is 2.40. The first-order valence-corrected chi connectivity index (χ1v) is 9.77. The molecule has 0 spiro atoms. The standard InChI is InChI=1S/C16H12N2O6S2/c19-13-7-6-10-8-12(25(20)21)9-14(26(22,23)24)15(10)16(13)18-17-11-4-2-1-3-5-11/h1-9,19,25H,(H,22,23,24)/b18-17-. The van der Waals surface area contributed by atoms with E-state index in [1.54, 1.807) is 30.3 Å². The van der Waals surface area contributed by atoms with Gasteiger partial charge in [-0.3, -0.25) is 4.55 Å². The van der Waals surface area contributed by atoms with Crippen molar-refractivity contribution in [1.82, 2.24) is 0 Å². The number of nitrogens with zero attached hydrogens (tertiary/aromatic N) is 2. The van der Waals surface area contributed by atoms with Gasteiger partial charge < -0.3 is 5.11 Å². The lowest BCUT2D eigenvalue weighted by atomic mass is 10.1. The second-order valence-electron chi connectivity index (χ2n) is 5.24. The van der Waals surface area contributed by atoms with Gasteiger partial charge in [0.1, 0.15) is 16.3 Å². The van der Waals surface area contributed by atoms with Crippen molar-refractivity contribution in [2.45, 2.75) is 9.79 Å². The second-order valence-corrected chi connectivity index (χ2v) is 7.66. The monoisotopic (exact) mass is 392 g/mol. The van der Waals surface area contributed by atoms with E-state index in [0.29, 0.717) is 5.69 Å². The van der Waals surface area contributed by atoms with Crippen molar-refractivity contribution < 1.29 is 26.5 Å². The first-order valence-electron chi connectivity index (χ1n) is 7.16. The first-order chi connectivity index (χ1) is 12.3. The molecule has 26 heavy (non-hydrogen) atoms. The van der Waals surface area contributed by atoms with Crippen LogP contribution in [0.4, 0.5) is 11.4 Å². The third-order valence-electron chi connectivity index (χ3n) is 3.53. The van der Waals surface area contributed by atoms with Crippen LogP contribution in [0.15, 0.2) is 74.6 Å². The average molecular weight is 392 g/mol. The molecule has 0 atom stereocenters. The van der Waals surface area contributed by atoms with Gasteiger partial charge in [-0.25, -0.2) is 8.42 Å². The zero-order valence-corrected chi connectivity index (χ0v) is 14.7. The number of hydrogen-bond acceptors (Lipinski definition) is 7. The van der Waals surface area contributed by atoms with Crippen LogP contribution in [-0.4, -0.2) is 26.5 Å². The summed E-state index contributed by atoms with van der Waals surface area (Å²) in [6, 6.07) is 13.1. The maximum absolute atomic E-state index is 11.8. The Morgan fingerprint density at radius 1 is 0.923 bits per heavy atom. The summed E-state index contributed by atoms with van der Waals surface area (Å²) >= 11 is 0. The van der Waals surface area contributed by atoms with Crippen molar-refractivity contribution in [1.29, 1.82) is 0 Å². The van der Waals surface area contributed by atoms with Gasteiger partial charge in [-0.2, -0.15) is 13.5 Å². The van der Waals surface area contributed by atoms with E-state index in [0.717, 1.165) is 6.07 Å². The Morgan fingerprint density at radius 2 is 1.62 bits per heavy atom. The minimum atomic E-state index is -4.79. The Balaban J connectivity index is 2.36. The van der Waals surface area contributed by atoms with Crippen LogP contribution in [0.3, 0.4) is 0 Å².